The molecule has 1 aromatic rings. The number of benzene rings is 1. The van der Waals surface area contributed by atoms with Crippen molar-refractivity contribution in [3.8, 4) is 0 Å². The standard InChI is InChI=1S/C21H32N6O3S/c1-15(2)31(28,29)18-7-6-16(26-10-12-30-13-11-26)14-17(18)27-20(23)24-19(22)25-21(27)8-4-3-5-9-21/h6-7,14-15H,3-5,8-13H2,1-2H3,(H4,22,23,24,25). The van der Waals surface area contributed by atoms with Gasteiger partial charge in [-0.15, -0.1) is 0 Å². The number of nitrogens with zero attached hydrogens (tertiary/aromatic N) is 4. The predicted octanol–water partition coefficient (Wildman–Crippen LogP) is 1.82. The number of ether oxygens (including phenoxy) is 1. The fourth-order valence-corrected chi connectivity index (χ4v) is 5.87. The van der Waals surface area contributed by atoms with E-state index < -0.39 is 20.8 Å². The largest absolute Gasteiger partial charge is 0.378 e. The van der Waals surface area contributed by atoms with Gasteiger partial charge in [0.2, 0.25) is 11.9 Å². The predicted molar refractivity (Wildman–Crippen MR) is 123 cm³/mol. The molecule has 0 radical (unpaired) electrons. The maximum atomic E-state index is 13.3. The van der Waals surface area contributed by atoms with Crippen molar-refractivity contribution < 1.29 is 13.2 Å². The van der Waals surface area contributed by atoms with Crippen molar-refractivity contribution in [1.82, 2.24) is 0 Å². The van der Waals surface area contributed by atoms with Gasteiger partial charge in [-0.1, -0.05) is 6.42 Å². The topological polar surface area (TPSA) is 127 Å². The first kappa shape index (κ1) is 21.9. The minimum atomic E-state index is -3.57. The molecule has 10 heteroatoms. The van der Waals surface area contributed by atoms with Gasteiger partial charge in [-0.2, -0.15) is 4.99 Å². The third kappa shape index (κ3) is 3.98. The van der Waals surface area contributed by atoms with Crippen molar-refractivity contribution in [2.45, 2.75) is 61.8 Å². The van der Waals surface area contributed by atoms with Gasteiger partial charge in [-0.3, -0.25) is 4.90 Å². The highest BCUT2D eigenvalue weighted by molar-refractivity contribution is 7.92. The number of anilines is 2. The first-order valence-corrected chi connectivity index (χ1v) is 12.5. The Hall–Kier alpha value is -2.33. The van der Waals surface area contributed by atoms with Crippen LogP contribution in [0.2, 0.25) is 0 Å². The Bertz CT molecular complexity index is 992. The highest BCUT2D eigenvalue weighted by Crippen LogP contribution is 2.43. The fraction of sp³-hybridized carbons (Fsp3) is 0.619. The van der Waals surface area contributed by atoms with Crippen LogP contribution in [0.4, 0.5) is 11.4 Å². The van der Waals surface area contributed by atoms with Crippen LogP contribution in [0.1, 0.15) is 46.0 Å². The van der Waals surface area contributed by atoms with Crippen LogP contribution in [0.3, 0.4) is 0 Å². The first-order chi connectivity index (χ1) is 14.7. The van der Waals surface area contributed by atoms with Crippen molar-refractivity contribution in [1.29, 1.82) is 0 Å². The molecule has 4 rings (SSSR count). The summed E-state index contributed by atoms with van der Waals surface area (Å²) in [7, 11) is -3.57. The van der Waals surface area contributed by atoms with Gasteiger partial charge in [0.15, 0.2) is 9.84 Å². The van der Waals surface area contributed by atoms with Gasteiger partial charge in [-0.25, -0.2) is 13.4 Å². The van der Waals surface area contributed by atoms with Crippen LogP contribution in [0, 0.1) is 0 Å². The molecule has 0 amide bonds. The van der Waals surface area contributed by atoms with Crippen molar-refractivity contribution in [3.63, 3.8) is 0 Å². The molecule has 1 aliphatic carbocycles. The molecule has 0 aromatic heterocycles. The summed E-state index contributed by atoms with van der Waals surface area (Å²) in [4.78, 5) is 13.2. The summed E-state index contributed by atoms with van der Waals surface area (Å²) < 4.78 is 32.1. The van der Waals surface area contributed by atoms with E-state index in [1.807, 2.05) is 17.0 Å². The molecular formula is C21H32N6O3S. The lowest BCUT2D eigenvalue weighted by Gasteiger charge is -2.46. The van der Waals surface area contributed by atoms with Gasteiger partial charge >= 0.3 is 0 Å². The molecule has 9 nitrogen and oxygen atoms in total. The van der Waals surface area contributed by atoms with Crippen LogP contribution in [0.15, 0.2) is 33.1 Å². The van der Waals surface area contributed by atoms with Crippen LogP contribution in [0.5, 0.6) is 0 Å². The molecule has 2 heterocycles. The number of morpholine rings is 1. The quantitative estimate of drug-likeness (QED) is 0.719. The average Bonchev–Trinajstić information content (AvgIpc) is 2.74. The van der Waals surface area contributed by atoms with E-state index in [0.29, 0.717) is 18.9 Å². The van der Waals surface area contributed by atoms with E-state index in [-0.39, 0.29) is 16.8 Å². The minimum absolute atomic E-state index is 0.147. The van der Waals surface area contributed by atoms with Gasteiger partial charge in [0.05, 0.1) is 29.0 Å². The van der Waals surface area contributed by atoms with Crippen molar-refractivity contribution in [3.05, 3.63) is 18.2 Å². The lowest BCUT2D eigenvalue weighted by molar-refractivity contribution is 0.122. The number of rotatable bonds is 4. The van der Waals surface area contributed by atoms with E-state index in [0.717, 1.165) is 50.9 Å². The SMILES string of the molecule is CC(C)S(=O)(=O)c1ccc(N2CCOCC2)cc1N1C(N)=NC(N)=NC12CCCCC2. The van der Waals surface area contributed by atoms with E-state index in [1.165, 1.54) is 0 Å². The number of hydrogen-bond donors (Lipinski definition) is 2. The van der Waals surface area contributed by atoms with Gasteiger partial charge in [0.25, 0.3) is 0 Å². The third-order valence-electron chi connectivity index (χ3n) is 6.34. The molecule has 31 heavy (non-hydrogen) atoms. The van der Waals surface area contributed by atoms with Crippen molar-refractivity contribution >= 4 is 33.1 Å². The second-order valence-electron chi connectivity index (χ2n) is 8.66. The minimum Gasteiger partial charge on any atom is -0.378 e. The number of guanidine groups is 2. The Morgan fingerprint density at radius 1 is 1.10 bits per heavy atom. The summed E-state index contributed by atoms with van der Waals surface area (Å²) in [5.41, 5.74) is 13.2. The Labute approximate surface area is 184 Å². The fourth-order valence-electron chi connectivity index (χ4n) is 4.66. The van der Waals surface area contributed by atoms with E-state index >= 15 is 0 Å². The third-order valence-corrected chi connectivity index (χ3v) is 8.54. The average molecular weight is 449 g/mol. The molecule has 1 aromatic carbocycles. The highest BCUT2D eigenvalue weighted by Gasteiger charge is 2.44. The molecule has 1 saturated heterocycles. The molecule has 1 saturated carbocycles. The second-order valence-corrected chi connectivity index (χ2v) is 11.1. The van der Waals surface area contributed by atoms with Gasteiger partial charge in [0.1, 0.15) is 5.66 Å². The van der Waals surface area contributed by atoms with Gasteiger partial charge < -0.3 is 21.1 Å². The maximum Gasteiger partial charge on any atom is 0.220 e. The Morgan fingerprint density at radius 3 is 2.42 bits per heavy atom. The van der Waals surface area contributed by atoms with Crippen LogP contribution in [-0.4, -0.2) is 57.6 Å². The normalized spacial score (nSPS) is 21.9. The van der Waals surface area contributed by atoms with Crippen LogP contribution in [0.25, 0.3) is 0 Å². The summed E-state index contributed by atoms with van der Waals surface area (Å²) in [6.45, 7) is 6.15. The molecule has 0 unspecified atom stereocenters. The lowest BCUT2D eigenvalue weighted by Crippen LogP contribution is -2.58. The molecule has 0 atom stereocenters. The maximum absolute atomic E-state index is 13.3. The Kier molecular flexibility index (Phi) is 5.87. The van der Waals surface area contributed by atoms with Gasteiger partial charge in [-0.05, 0) is 57.7 Å². The molecule has 3 aliphatic rings. The summed E-state index contributed by atoms with van der Waals surface area (Å²) >= 11 is 0. The van der Waals surface area contributed by atoms with Crippen molar-refractivity contribution in [2.24, 2.45) is 21.5 Å². The monoisotopic (exact) mass is 448 g/mol. The zero-order chi connectivity index (χ0) is 22.2. The van der Waals surface area contributed by atoms with Crippen LogP contribution in [-0.2, 0) is 14.6 Å². The molecule has 0 bridgehead atoms. The summed E-state index contributed by atoms with van der Waals surface area (Å²) in [5.74, 6) is 0.335. The summed E-state index contributed by atoms with van der Waals surface area (Å²) in [6.07, 6.45) is 4.53. The zero-order valence-corrected chi connectivity index (χ0v) is 19.1. The number of nitrogens with two attached hydrogens (primary N) is 2. The lowest BCUT2D eigenvalue weighted by atomic mass is 9.87. The smallest absolute Gasteiger partial charge is 0.220 e. The van der Waals surface area contributed by atoms with E-state index in [1.54, 1.807) is 19.9 Å². The highest BCUT2D eigenvalue weighted by atomic mass is 32.2. The first-order valence-electron chi connectivity index (χ1n) is 10.9. The van der Waals surface area contributed by atoms with E-state index in [9.17, 15) is 8.42 Å². The van der Waals surface area contributed by atoms with E-state index in [4.69, 9.17) is 21.2 Å². The number of sulfone groups is 1. The molecule has 2 fully saturated rings. The Morgan fingerprint density at radius 2 is 1.77 bits per heavy atom. The zero-order valence-electron chi connectivity index (χ0n) is 18.2. The molecule has 2 aliphatic heterocycles. The Balaban J connectivity index is 1.90. The molecular weight excluding hydrogens is 416 g/mol. The number of aliphatic imine (C=N–C) groups is 2. The van der Waals surface area contributed by atoms with Crippen molar-refractivity contribution in [2.75, 3.05) is 36.1 Å². The molecule has 170 valence electrons. The van der Waals surface area contributed by atoms with Crippen LogP contribution >= 0.6 is 0 Å². The summed E-state index contributed by atoms with van der Waals surface area (Å²) in [5, 5.41) is -0.570. The number of hydrogen-bond acceptors (Lipinski definition) is 9. The molecule has 4 N–H and O–H groups in total. The second kappa shape index (κ2) is 8.31. The van der Waals surface area contributed by atoms with Crippen LogP contribution < -0.4 is 21.3 Å². The summed E-state index contributed by atoms with van der Waals surface area (Å²) in [6, 6.07) is 5.48. The van der Waals surface area contributed by atoms with Gasteiger partial charge in [0, 0.05) is 18.8 Å². The molecule has 1 spiro atoms. The van der Waals surface area contributed by atoms with E-state index in [2.05, 4.69) is 9.89 Å².